The zero-order valence-corrected chi connectivity index (χ0v) is 34.7. The number of nitrogens with two attached hydrogens (primary N) is 1. The molecule has 0 heterocycles. The summed E-state index contributed by atoms with van der Waals surface area (Å²) < 4.78 is 0. The van der Waals surface area contributed by atoms with Crippen LogP contribution in [0.4, 0.5) is 0 Å². The van der Waals surface area contributed by atoms with Crippen molar-refractivity contribution in [1.82, 2.24) is 31.9 Å². The summed E-state index contributed by atoms with van der Waals surface area (Å²) >= 11 is 0. The van der Waals surface area contributed by atoms with E-state index in [2.05, 4.69) is 31.9 Å². The number of benzene rings is 1. The second-order valence-corrected chi connectivity index (χ2v) is 15.3. The number of carbonyl (C=O) groups is 10. The number of aliphatic hydroxyl groups is 1. The molecule has 0 aliphatic rings. The lowest BCUT2D eigenvalue weighted by Crippen LogP contribution is -2.61. The van der Waals surface area contributed by atoms with Gasteiger partial charge in [-0.25, -0.2) is 4.79 Å². The van der Waals surface area contributed by atoms with E-state index < -0.39 is 133 Å². The highest BCUT2D eigenvalue weighted by Crippen LogP contribution is 2.13. The van der Waals surface area contributed by atoms with Crippen molar-refractivity contribution in [2.45, 2.75) is 134 Å². The SMILES string of the molecule is CC(C)C[C@H](NC(=O)[C@@H](NC(=O)[C@@H](N)CCCC(=O)O)C(C)C)C(=O)N[C@@H](Cc1ccccc1)[C@@H](O)C(=O)N[C@@H](CC(=O)O)C(=O)N[C@@H](C)C(=O)N[C@@H](CCC(=O)O)C(=O)O. The monoisotopic (exact) mass is 865 g/mol. The number of hydrogen-bond donors (Lipinski definition) is 12. The van der Waals surface area contributed by atoms with Gasteiger partial charge in [-0.2, -0.15) is 0 Å². The number of amides is 6. The molecular formula is C39H59N7O15. The van der Waals surface area contributed by atoms with Gasteiger partial charge in [0, 0.05) is 12.8 Å². The highest BCUT2D eigenvalue weighted by Gasteiger charge is 2.36. The Labute approximate surface area is 352 Å². The van der Waals surface area contributed by atoms with E-state index in [1.807, 2.05) is 0 Å². The van der Waals surface area contributed by atoms with Gasteiger partial charge in [0.15, 0.2) is 6.10 Å². The lowest BCUT2D eigenvalue weighted by atomic mass is 9.97. The molecule has 8 atom stereocenters. The first-order chi connectivity index (χ1) is 28.4. The molecule has 22 heteroatoms. The van der Waals surface area contributed by atoms with Gasteiger partial charge in [-0.15, -0.1) is 0 Å². The fourth-order valence-corrected chi connectivity index (χ4v) is 5.78. The Kier molecular flexibility index (Phi) is 22.6. The number of carboxylic acid groups (broad SMARTS) is 4. The van der Waals surface area contributed by atoms with Crippen LogP contribution in [0.3, 0.4) is 0 Å². The number of aliphatic hydroxyl groups excluding tert-OH is 1. The van der Waals surface area contributed by atoms with Crippen molar-refractivity contribution in [1.29, 1.82) is 0 Å². The van der Waals surface area contributed by atoms with Crippen LogP contribution in [-0.4, -0.2) is 133 Å². The Morgan fingerprint density at radius 3 is 1.67 bits per heavy atom. The van der Waals surface area contributed by atoms with Gasteiger partial charge >= 0.3 is 23.9 Å². The van der Waals surface area contributed by atoms with Crippen molar-refractivity contribution in [3.63, 3.8) is 0 Å². The standard InChI is InChI=1S/C39H59N7O15/c1-19(2)16-26(44-37(58)31(20(3)4)46-34(55)23(40)12-9-13-28(47)48)36(57)43-25(17-22-10-7-6-8-11-22)32(53)38(59)45-27(18-30(51)52)35(56)41-21(5)33(54)42-24(39(60)61)14-15-29(49)50/h6-8,10-11,19-21,23-27,31-32,53H,9,12-18,40H2,1-5H3,(H,41,56)(H,42,54)(H,43,57)(H,44,58)(H,45,59)(H,46,55)(H,47,48)(H,49,50)(H,51,52)(H,60,61)/t21-,23-,24-,25-,26-,27-,31-,32+/m0/s1. The normalized spacial score (nSPS) is 15.0. The molecule has 0 unspecified atom stereocenters. The Morgan fingerprint density at radius 2 is 1.15 bits per heavy atom. The summed E-state index contributed by atoms with van der Waals surface area (Å²) in [6.45, 7) is 7.91. The lowest BCUT2D eigenvalue weighted by Gasteiger charge is -2.30. The molecule has 0 aliphatic carbocycles. The molecule has 1 rings (SSSR count). The smallest absolute Gasteiger partial charge is 0.326 e. The number of hydrogen-bond acceptors (Lipinski definition) is 12. The molecule has 0 saturated heterocycles. The van der Waals surface area contributed by atoms with E-state index in [1.165, 1.54) is 0 Å². The third-order valence-electron chi connectivity index (χ3n) is 9.13. The predicted molar refractivity (Wildman–Crippen MR) is 214 cm³/mol. The van der Waals surface area contributed by atoms with Crippen molar-refractivity contribution in [2.24, 2.45) is 17.6 Å². The van der Waals surface area contributed by atoms with Crippen molar-refractivity contribution < 1.29 is 73.5 Å². The van der Waals surface area contributed by atoms with Crippen molar-refractivity contribution >= 4 is 59.3 Å². The van der Waals surface area contributed by atoms with Crippen LogP contribution in [0.25, 0.3) is 0 Å². The molecule has 13 N–H and O–H groups in total. The van der Waals surface area contributed by atoms with Gasteiger partial charge < -0.3 is 63.2 Å². The first-order valence-electron chi connectivity index (χ1n) is 19.6. The lowest BCUT2D eigenvalue weighted by molar-refractivity contribution is -0.144. The van der Waals surface area contributed by atoms with E-state index in [4.69, 9.17) is 15.9 Å². The first kappa shape index (κ1) is 52.9. The van der Waals surface area contributed by atoms with E-state index in [9.17, 15) is 63.3 Å². The molecule has 0 fully saturated rings. The number of rotatable bonds is 28. The molecule has 0 spiro atoms. The minimum atomic E-state index is -2.15. The van der Waals surface area contributed by atoms with Gasteiger partial charge in [0.05, 0.1) is 18.5 Å². The van der Waals surface area contributed by atoms with Crippen molar-refractivity contribution in [3.8, 4) is 0 Å². The molecule has 340 valence electrons. The molecule has 0 radical (unpaired) electrons. The zero-order valence-electron chi connectivity index (χ0n) is 34.7. The maximum Gasteiger partial charge on any atom is 0.326 e. The Bertz CT molecular complexity index is 1710. The molecule has 0 aromatic heterocycles. The molecule has 6 amide bonds. The van der Waals surface area contributed by atoms with Crippen LogP contribution in [0, 0.1) is 11.8 Å². The van der Waals surface area contributed by atoms with Crippen LogP contribution < -0.4 is 37.6 Å². The third kappa shape index (κ3) is 20.1. The van der Waals surface area contributed by atoms with Crippen LogP contribution in [0.5, 0.6) is 0 Å². The number of aliphatic carboxylic acids is 4. The molecular weight excluding hydrogens is 806 g/mol. The highest BCUT2D eigenvalue weighted by atomic mass is 16.4. The fraction of sp³-hybridized carbons (Fsp3) is 0.590. The predicted octanol–water partition coefficient (Wildman–Crippen LogP) is -1.77. The van der Waals surface area contributed by atoms with E-state index in [0.29, 0.717) is 5.56 Å². The first-order valence-corrected chi connectivity index (χ1v) is 19.6. The second-order valence-electron chi connectivity index (χ2n) is 15.3. The van der Waals surface area contributed by atoms with Gasteiger partial charge in [0.1, 0.15) is 30.2 Å². The molecule has 0 saturated carbocycles. The average Bonchev–Trinajstić information content (AvgIpc) is 3.16. The van der Waals surface area contributed by atoms with Crippen molar-refractivity contribution in [3.05, 3.63) is 35.9 Å². The Hall–Kier alpha value is -6.16. The number of carbonyl (C=O) groups excluding carboxylic acids is 6. The van der Waals surface area contributed by atoms with Gasteiger partial charge in [-0.3, -0.25) is 43.2 Å². The molecule has 1 aromatic rings. The van der Waals surface area contributed by atoms with E-state index in [1.54, 1.807) is 58.0 Å². The largest absolute Gasteiger partial charge is 0.481 e. The van der Waals surface area contributed by atoms with Crippen LogP contribution in [0.2, 0.25) is 0 Å². The fourth-order valence-electron chi connectivity index (χ4n) is 5.78. The van der Waals surface area contributed by atoms with E-state index >= 15 is 0 Å². The van der Waals surface area contributed by atoms with Gasteiger partial charge in [0.25, 0.3) is 5.91 Å². The maximum atomic E-state index is 13.9. The second kappa shape index (κ2) is 26.1. The summed E-state index contributed by atoms with van der Waals surface area (Å²) in [4.78, 5) is 125. The Balaban J connectivity index is 3.31. The van der Waals surface area contributed by atoms with Crippen molar-refractivity contribution in [2.75, 3.05) is 0 Å². The molecule has 1 aromatic carbocycles. The topological polar surface area (TPSA) is 370 Å². The van der Waals surface area contributed by atoms with E-state index in [-0.39, 0.29) is 38.0 Å². The van der Waals surface area contributed by atoms with Crippen LogP contribution in [0.15, 0.2) is 30.3 Å². The van der Waals surface area contributed by atoms with Crippen LogP contribution in [-0.2, 0) is 54.4 Å². The van der Waals surface area contributed by atoms with Crippen LogP contribution >= 0.6 is 0 Å². The third-order valence-corrected chi connectivity index (χ3v) is 9.13. The summed E-state index contributed by atoms with van der Waals surface area (Å²) in [5, 5.41) is 62.1. The minimum absolute atomic E-state index is 0.0339. The highest BCUT2D eigenvalue weighted by molar-refractivity contribution is 5.96. The van der Waals surface area contributed by atoms with Gasteiger partial charge in [-0.1, -0.05) is 58.0 Å². The summed E-state index contributed by atoms with van der Waals surface area (Å²) in [6.07, 6.45) is -4.48. The van der Waals surface area contributed by atoms with Gasteiger partial charge in [0.2, 0.25) is 29.5 Å². The molecule has 22 nitrogen and oxygen atoms in total. The number of nitrogens with one attached hydrogen (secondary N) is 6. The van der Waals surface area contributed by atoms with E-state index in [0.717, 1.165) is 6.92 Å². The molecule has 0 bridgehead atoms. The number of carboxylic acids is 4. The molecule has 0 aliphatic heterocycles. The molecule has 61 heavy (non-hydrogen) atoms. The summed E-state index contributed by atoms with van der Waals surface area (Å²) in [5.41, 5.74) is 6.45. The quantitative estimate of drug-likeness (QED) is 0.0443. The Morgan fingerprint density at radius 1 is 0.590 bits per heavy atom. The maximum absolute atomic E-state index is 13.9. The minimum Gasteiger partial charge on any atom is -0.481 e. The zero-order chi connectivity index (χ0) is 46.6. The summed E-state index contributed by atoms with van der Waals surface area (Å²) in [5.74, 6) is -12.2. The van der Waals surface area contributed by atoms with Gasteiger partial charge in [-0.05, 0) is 56.4 Å². The average molecular weight is 866 g/mol. The van der Waals surface area contributed by atoms with Crippen LogP contribution in [0.1, 0.15) is 85.1 Å². The summed E-state index contributed by atoms with van der Waals surface area (Å²) in [7, 11) is 0. The summed E-state index contributed by atoms with van der Waals surface area (Å²) in [6, 6.07) is -1.86.